The molecule has 0 saturated heterocycles. The third-order valence-electron chi connectivity index (χ3n) is 3.00. The van der Waals surface area contributed by atoms with Gasteiger partial charge in [0.15, 0.2) is 0 Å². The highest BCUT2D eigenvalue weighted by molar-refractivity contribution is 5.62. The number of anilines is 2. The molecule has 0 bridgehead atoms. The molecular formula is C15H26N2O3. The van der Waals surface area contributed by atoms with E-state index in [-0.39, 0.29) is 0 Å². The number of methoxy groups -OCH3 is 2. The number of ether oxygens (including phenoxy) is 3. The number of rotatable bonds is 10. The van der Waals surface area contributed by atoms with Crippen molar-refractivity contribution in [1.82, 2.24) is 0 Å². The highest BCUT2D eigenvalue weighted by Crippen LogP contribution is 2.27. The number of nitrogens with zero attached hydrogens (tertiary/aromatic N) is 1. The SMILES string of the molecule is CCOc1cc(N(CCCOC)CCOC)ccc1N. The maximum absolute atomic E-state index is 5.91. The molecule has 1 aromatic rings. The molecule has 5 nitrogen and oxygen atoms in total. The second-order valence-corrected chi connectivity index (χ2v) is 4.48. The molecule has 5 heteroatoms. The smallest absolute Gasteiger partial charge is 0.144 e. The van der Waals surface area contributed by atoms with Crippen molar-refractivity contribution < 1.29 is 14.2 Å². The van der Waals surface area contributed by atoms with Crippen LogP contribution in [0.15, 0.2) is 18.2 Å². The second-order valence-electron chi connectivity index (χ2n) is 4.48. The van der Waals surface area contributed by atoms with Gasteiger partial charge in [0.2, 0.25) is 0 Å². The predicted octanol–water partition coefficient (Wildman–Crippen LogP) is 2.16. The number of hydrogen-bond donors (Lipinski definition) is 1. The summed E-state index contributed by atoms with van der Waals surface area (Å²) in [5.74, 6) is 0.735. The first-order valence-electron chi connectivity index (χ1n) is 6.98. The Morgan fingerprint density at radius 2 is 1.85 bits per heavy atom. The van der Waals surface area contributed by atoms with Crippen LogP contribution in [-0.2, 0) is 9.47 Å². The molecule has 0 aliphatic carbocycles. The maximum Gasteiger partial charge on any atom is 0.144 e. The fraction of sp³-hybridized carbons (Fsp3) is 0.600. The van der Waals surface area contributed by atoms with Crippen molar-refractivity contribution in [2.45, 2.75) is 13.3 Å². The monoisotopic (exact) mass is 282 g/mol. The van der Waals surface area contributed by atoms with Crippen molar-refractivity contribution in [3.8, 4) is 5.75 Å². The summed E-state index contributed by atoms with van der Waals surface area (Å²) in [5, 5.41) is 0. The molecule has 0 atom stereocenters. The molecule has 1 aromatic carbocycles. The van der Waals surface area contributed by atoms with Crippen LogP contribution in [0, 0.1) is 0 Å². The van der Waals surface area contributed by atoms with Gasteiger partial charge in [-0.1, -0.05) is 0 Å². The summed E-state index contributed by atoms with van der Waals surface area (Å²) in [4.78, 5) is 2.25. The van der Waals surface area contributed by atoms with Gasteiger partial charge in [0, 0.05) is 45.7 Å². The Morgan fingerprint density at radius 3 is 2.50 bits per heavy atom. The topological polar surface area (TPSA) is 57.0 Å². The Bertz CT molecular complexity index is 385. The normalized spacial score (nSPS) is 10.6. The van der Waals surface area contributed by atoms with Gasteiger partial charge in [0.25, 0.3) is 0 Å². The molecule has 0 amide bonds. The fourth-order valence-corrected chi connectivity index (χ4v) is 1.97. The van der Waals surface area contributed by atoms with Crippen molar-refractivity contribution in [2.24, 2.45) is 0 Å². The van der Waals surface area contributed by atoms with Crippen molar-refractivity contribution in [3.05, 3.63) is 18.2 Å². The Kier molecular flexibility index (Phi) is 7.84. The predicted molar refractivity (Wildman–Crippen MR) is 82.6 cm³/mol. The lowest BCUT2D eigenvalue weighted by atomic mass is 10.2. The molecule has 0 heterocycles. The molecular weight excluding hydrogens is 256 g/mol. The molecule has 0 unspecified atom stereocenters. The zero-order valence-electron chi connectivity index (χ0n) is 12.7. The van der Waals surface area contributed by atoms with Crippen molar-refractivity contribution in [1.29, 1.82) is 0 Å². The van der Waals surface area contributed by atoms with E-state index >= 15 is 0 Å². The van der Waals surface area contributed by atoms with Crippen LogP contribution in [0.4, 0.5) is 11.4 Å². The van der Waals surface area contributed by atoms with E-state index in [1.165, 1.54) is 0 Å². The standard InChI is InChI=1S/C15H26N2O3/c1-4-20-15-12-13(6-7-14(15)16)17(9-11-19-3)8-5-10-18-2/h6-7,12H,4-5,8-11,16H2,1-3H3. The lowest BCUT2D eigenvalue weighted by Crippen LogP contribution is -2.29. The van der Waals surface area contributed by atoms with E-state index < -0.39 is 0 Å². The second kappa shape index (κ2) is 9.44. The van der Waals surface area contributed by atoms with Crippen LogP contribution in [0.2, 0.25) is 0 Å². The zero-order valence-corrected chi connectivity index (χ0v) is 12.7. The van der Waals surface area contributed by atoms with Crippen LogP contribution in [0.25, 0.3) is 0 Å². The largest absolute Gasteiger partial charge is 0.492 e. The first-order valence-corrected chi connectivity index (χ1v) is 6.98. The van der Waals surface area contributed by atoms with Gasteiger partial charge in [-0.25, -0.2) is 0 Å². The fourth-order valence-electron chi connectivity index (χ4n) is 1.97. The number of hydrogen-bond acceptors (Lipinski definition) is 5. The number of benzene rings is 1. The lowest BCUT2D eigenvalue weighted by Gasteiger charge is -2.25. The van der Waals surface area contributed by atoms with E-state index in [2.05, 4.69) is 4.90 Å². The molecule has 114 valence electrons. The quantitative estimate of drug-likeness (QED) is 0.526. The summed E-state index contributed by atoms with van der Waals surface area (Å²) >= 11 is 0. The van der Waals surface area contributed by atoms with Crippen LogP contribution >= 0.6 is 0 Å². The highest BCUT2D eigenvalue weighted by atomic mass is 16.5. The average Bonchev–Trinajstić information content (AvgIpc) is 2.45. The Balaban J connectivity index is 2.79. The molecule has 20 heavy (non-hydrogen) atoms. The summed E-state index contributed by atoms with van der Waals surface area (Å²) in [6.07, 6.45) is 0.967. The van der Waals surface area contributed by atoms with Crippen LogP contribution in [0.3, 0.4) is 0 Å². The summed E-state index contributed by atoms with van der Waals surface area (Å²) in [5.41, 5.74) is 7.67. The average molecular weight is 282 g/mol. The number of nitrogens with two attached hydrogens (primary N) is 1. The third kappa shape index (κ3) is 5.27. The first kappa shape index (κ1) is 16.6. The molecule has 2 N–H and O–H groups in total. The van der Waals surface area contributed by atoms with Gasteiger partial charge in [-0.05, 0) is 25.5 Å². The molecule has 0 aliphatic rings. The zero-order chi connectivity index (χ0) is 14.8. The minimum absolute atomic E-state index is 0.607. The summed E-state index contributed by atoms with van der Waals surface area (Å²) < 4.78 is 15.8. The van der Waals surface area contributed by atoms with Crippen molar-refractivity contribution >= 4 is 11.4 Å². The molecule has 0 aromatic heterocycles. The third-order valence-corrected chi connectivity index (χ3v) is 3.00. The van der Waals surface area contributed by atoms with Gasteiger partial charge in [-0.15, -0.1) is 0 Å². The van der Waals surface area contributed by atoms with Gasteiger partial charge in [-0.3, -0.25) is 0 Å². The summed E-state index contributed by atoms with van der Waals surface area (Å²) in [6.45, 7) is 5.73. The van der Waals surface area contributed by atoms with E-state index in [1.807, 2.05) is 25.1 Å². The van der Waals surface area contributed by atoms with E-state index in [1.54, 1.807) is 14.2 Å². The van der Waals surface area contributed by atoms with E-state index in [4.69, 9.17) is 19.9 Å². The molecule has 1 rings (SSSR count). The van der Waals surface area contributed by atoms with Gasteiger partial charge in [0.1, 0.15) is 5.75 Å². The Morgan fingerprint density at radius 1 is 1.10 bits per heavy atom. The van der Waals surface area contributed by atoms with Crippen LogP contribution < -0.4 is 15.4 Å². The lowest BCUT2D eigenvalue weighted by molar-refractivity contribution is 0.191. The van der Waals surface area contributed by atoms with E-state index in [9.17, 15) is 0 Å². The molecule has 0 spiro atoms. The van der Waals surface area contributed by atoms with Crippen LogP contribution in [0.5, 0.6) is 5.75 Å². The van der Waals surface area contributed by atoms with Gasteiger partial charge >= 0.3 is 0 Å². The van der Waals surface area contributed by atoms with Crippen LogP contribution in [0.1, 0.15) is 13.3 Å². The minimum Gasteiger partial charge on any atom is -0.492 e. The van der Waals surface area contributed by atoms with Crippen molar-refractivity contribution in [3.63, 3.8) is 0 Å². The summed E-state index contributed by atoms with van der Waals surface area (Å²) in [6, 6.07) is 5.89. The molecule has 0 radical (unpaired) electrons. The minimum atomic E-state index is 0.607. The summed E-state index contributed by atoms with van der Waals surface area (Å²) in [7, 11) is 3.43. The Labute approximate surface area is 121 Å². The highest BCUT2D eigenvalue weighted by Gasteiger charge is 2.09. The molecule has 0 fully saturated rings. The van der Waals surface area contributed by atoms with E-state index in [0.29, 0.717) is 18.9 Å². The van der Waals surface area contributed by atoms with Crippen molar-refractivity contribution in [2.75, 3.05) is 57.8 Å². The van der Waals surface area contributed by atoms with Gasteiger partial charge < -0.3 is 24.8 Å². The van der Waals surface area contributed by atoms with Gasteiger partial charge in [0.05, 0.1) is 18.9 Å². The maximum atomic E-state index is 5.91. The molecule has 0 aliphatic heterocycles. The van der Waals surface area contributed by atoms with Gasteiger partial charge in [-0.2, -0.15) is 0 Å². The first-order chi connectivity index (χ1) is 9.72. The molecule has 0 saturated carbocycles. The Hall–Kier alpha value is -1.46. The van der Waals surface area contributed by atoms with E-state index in [0.717, 1.165) is 37.6 Å². The number of nitrogen functional groups attached to an aromatic ring is 1. The van der Waals surface area contributed by atoms with Crippen LogP contribution in [-0.4, -0.2) is 47.1 Å².